The lowest BCUT2D eigenvalue weighted by molar-refractivity contribution is 1.33. The van der Waals surface area contributed by atoms with Crippen LogP contribution in [0.25, 0.3) is 44.0 Å². The molecule has 0 unspecified atom stereocenters. The molecule has 116 valence electrons. The van der Waals surface area contributed by atoms with Gasteiger partial charge in [0.25, 0.3) is 0 Å². The number of nitrogens with one attached hydrogen (secondary N) is 1. The maximum atomic E-state index is 9.15. The molecule has 0 aliphatic carbocycles. The van der Waals surface area contributed by atoms with Gasteiger partial charge in [-0.15, -0.1) is 0 Å². The van der Waals surface area contributed by atoms with E-state index in [1.165, 1.54) is 10.8 Å². The zero-order valence-corrected chi connectivity index (χ0v) is 13.3. The Hall–Kier alpha value is -3.64. The molecule has 0 spiro atoms. The number of aromatic nitrogens is 2. The van der Waals surface area contributed by atoms with Crippen molar-refractivity contribution in [2.75, 3.05) is 0 Å². The summed E-state index contributed by atoms with van der Waals surface area (Å²) in [4.78, 5) is 8.35. The predicted octanol–water partition coefficient (Wildman–Crippen LogP) is 5.41. The van der Waals surface area contributed by atoms with Crippen LogP contribution in [-0.4, -0.2) is 9.97 Å². The topological polar surface area (TPSA) is 52.5 Å². The van der Waals surface area contributed by atoms with Gasteiger partial charge >= 0.3 is 0 Å². The van der Waals surface area contributed by atoms with Crippen LogP contribution in [0.1, 0.15) is 5.56 Å². The van der Waals surface area contributed by atoms with Gasteiger partial charge in [0, 0.05) is 16.3 Å². The molecule has 0 fully saturated rings. The fraction of sp³-hybridized carbons (Fsp3) is 0. The molecule has 5 rings (SSSR count). The highest BCUT2D eigenvalue weighted by molar-refractivity contribution is 6.23. The molecule has 0 saturated heterocycles. The average Bonchev–Trinajstić information content (AvgIpc) is 3.14. The van der Waals surface area contributed by atoms with E-state index in [0.717, 1.165) is 33.2 Å². The Morgan fingerprint density at radius 3 is 2.20 bits per heavy atom. The van der Waals surface area contributed by atoms with Crippen molar-refractivity contribution in [3.63, 3.8) is 0 Å². The zero-order valence-electron chi connectivity index (χ0n) is 13.3. The van der Waals surface area contributed by atoms with Crippen LogP contribution in [0.2, 0.25) is 0 Å². The van der Waals surface area contributed by atoms with Gasteiger partial charge in [-0.1, -0.05) is 60.7 Å². The monoisotopic (exact) mass is 319 g/mol. The fourth-order valence-electron chi connectivity index (χ4n) is 3.50. The first-order valence-electron chi connectivity index (χ1n) is 8.15. The van der Waals surface area contributed by atoms with Gasteiger partial charge in [-0.05, 0) is 22.9 Å². The zero-order chi connectivity index (χ0) is 16.8. The molecule has 0 aliphatic rings. The number of benzene rings is 4. The van der Waals surface area contributed by atoms with E-state index in [2.05, 4.69) is 47.5 Å². The van der Waals surface area contributed by atoms with E-state index in [9.17, 15) is 0 Å². The van der Waals surface area contributed by atoms with Gasteiger partial charge in [-0.3, -0.25) is 0 Å². The molecular formula is C22H13N3. The fourth-order valence-corrected chi connectivity index (χ4v) is 3.50. The molecule has 1 heterocycles. The van der Waals surface area contributed by atoms with Crippen molar-refractivity contribution in [3.05, 3.63) is 78.4 Å². The molecule has 5 aromatic rings. The minimum Gasteiger partial charge on any atom is -0.337 e. The van der Waals surface area contributed by atoms with Crippen LogP contribution < -0.4 is 0 Å². The first-order valence-corrected chi connectivity index (χ1v) is 8.15. The van der Waals surface area contributed by atoms with Gasteiger partial charge in [-0.2, -0.15) is 5.26 Å². The van der Waals surface area contributed by atoms with Crippen molar-refractivity contribution in [2.24, 2.45) is 0 Å². The number of nitriles is 1. The predicted molar refractivity (Wildman–Crippen MR) is 101 cm³/mol. The average molecular weight is 319 g/mol. The highest BCUT2D eigenvalue weighted by Crippen LogP contribution is 2.35. The van der Waals surface area contributed by atoms with E-state index >= 15 is 0 Å². The van der Waals surface area contributed by atoms with E-state index in [0.29, 0.717) is 5.56 Å². The summed E-state index contributed by atoms with van der Waals surface area (Å²) in [5.74, 6) is 0.786. The van der Waals surface area contributed by atoms with E-state index in [-0.39, 0.29) is 0 Å². The third kappa shape index (κ3) is 2.02. The van der Waals surface area contributed by atoms with Crippen molar-refractivity contribution >= 4 is 32.6 Å². The van der Waals surface area contributed by atoms with E-state index < -0.39 is 0 Å². The Bertz CT molecular complexity index is 1230. The van der Waals surface area contributed by atoms with Crippen molar-refractivity contribution in [2.45, 2.75) is 0 Å². The maximum absolute atomic E-state index is 9.15. The van der Waals surface area contributed by atoms with Gasteiger partial charge in [0.1, 0.15) is 5.82 Å². The third-order valence-corrected chi connectivity index (χ3v) is 4.64. The molecule has 4 aromatic carbocycles. The highest BCUT2D eigenvalue weighted by atomic mass is 14.9. The van der Waals surface area contributed by atoms with Gasteiger partial charge in [0.05, 0.1) is 22.7 Å². The Labute approximate surface area is 144 Å². The number of imidazole rings is 1. The SMILES string of the molecule is N#Cc1cccc(-c2nc3c4ccccc4c4ccccc4c3[nH]2)c1. The number of rotatable bonds is 1. The Balaban J connectivity index is 1.92. The molecule has 1 aromatic heterocycles. The number of hydrogen-bond donors (Lipinski definition) is 1. The van der Waals surface area contributed by atoms with Gasteiger partial charge in [-0.25, -0.2) is 4.98 Å². The smallest absolute Gasteiger partial charge is 0.138 e. The molecule has 0 radical (unpaired) electrons. The molecule has 0 aliphatic heterocycles. The molecule has 3 nitrogen and oxygen atoms in total. The standard InChI is InChI=1S/C22H13N3/c23-13-14-6-5-7-15(12-14)22-24-20-18-10-3-1-8-16(18)17-9-2-4-11-19(17)21(20)25-22/h1-12H,(H,24,25). The molecule has 25 heavy (non-hydrogen) atoms. The lowest BCUT2D eigenvalue weighted by atomic mass is 10.0. The summed E-state index contributed by atoms with van der Waals surface area (Å²) in [7, 11) is 0. The first kappa shape index (κ1) is 13.8. The first-order chi connectivity index (χ1) is 12.3. The van der Waals surface area contributed by atoms with E-state index in [1.54, 1.807) is 6.07 Å². The van der Waals surface area contributed by atoms with Crippen molar-refractivity contribution in [1.82, 2.24) is 9.97 Å². The number of fused-ring (bicyclic) bond motifs is 6. The second-order valence-electron chi connectivity index (χ2n) is 6.09. The van der Waals surface area contributed by atoms with E-state index in [4.69, 9.17) is 10.2 Å². The van der Waals surface area contributed by atoms with Crippen LogP contribution in [0.3, 0.4) is 0 Å². The van der Waals surface area contributed by atoms with Crippen LogP contribution in [0, 0.1) is 11.3 Å². The van der Waals surface area contributed by atoms with Crippen molar-refractivity contribution in [1.29, 1.82) is 5.26 Å². The summed E-state index contributed by atoms with van der Waals surface area (Å²) >= 11 is 0. The molecule has 0 amide bonds. The van der Waals surface area contributed by atoms with Gasteiger partial charge in [0.2, 0.25) is 0 Å². The van der Waals surface area contributed by atoms with Crippen LogP contribution in [-0.2, 0) is 0 Å². The summed E-state index contributed by atoms with van der Waals surface area (Å²) < 4.78 is 0. The minimum atomic E-state index is 0.632. The number of aromatic amines is 1. The molecule has 0 bridgehead atoms. The second kappa shape index (κ2) is 5.19. The molecule has 0 atom stereocenters. The minimum absolute atomic E-state index is 0.632. The van der Waals surface area contributed by atoms with Crippen LogP contribution >= 0.6 is 0 Å². The van der Waals surface area contributed by atoms with Gasteiger partial charge in [0.15, 0.2) is 0 Å². The Morgan fingerprint density at radius 2 is 1.44 bits per heavy atom. The van der Waals surface area contributed by atoms with Crippen LogP contribution in [0.4, 0.5) is 0 Å². The largest absolute Gasteiger partial charge is 0.337 e. The molecule has 0 saturated carbocycles. The lowest BCUT2D eigenvalue weighted by Crippen LogP contribution is -1.81. The number of hydrogen-bond acceptors (Lipinski definition) is 2. The normalized spacial score (nSPS) is 11.2. The molecular weight excluding hydrogens is 306 g/mol. The summed E-state index contributed by atoms with van der Waals surface area (Å²) in [6.07, 6.45) is 0. The molecule has 1 N–H and O–H groups in total. The second-order valence-corrected chi connectivity index (χ2v) is 6.09. The molecule has 3 heteroatoms. The maximum Gasteiger partial charge on any atom is 0.138 e. The van der Waals surface area contributed by atoms with Gasteiger partial charge < -0.3 is 4.98 Å². The van der Waals surface area contributed by atoms with E-state index in [1.807, 2.05) is 30.3 Å². The number of H-pyrrole nitrogens is 1. The summed E-state index contributed by atoms with van der Waals surface area (Å²) in [5, 5.41) is 13.9. The third-order valence-electron chi connectivity index (χ3n) is 4.64. The summed E-state index contributed by atoms with van der Waals surface area (Å²) in [6, 6.07) is 26.5. The quantitative estimate of drug-likeness (QED) is 0.420. The Morgan fingerprint density at radius 1 is 0.760 bits per heavy atom. The van der Waals surface area contributed by atoms with Crippen molar-refractivity contribution < 1.29 is 0 Å². The Kier molecular flexibility index (Phi) is 2.86. The highest BCUT2D eigenvalue weighted by Gasteiger charge is 2.13. The summed E-state index contributed by atoms with van der Waals surface area (Å²) in [5.41, 5.74) is 3.55. The number of nitrogens with zero attached hydrogens (tertiary/aromatic N) is 2. The van der Waals surface area contributed by atoms with Crippen LogP contribution in [0.5, 0.6) is 0 Å². The van der Waals surface area contributed by atoms with Crippen molar-refractivity contribution in [3.8, 4) is 17.5 Å². The lowest BCUT2D eigenvalue weighted by Gasteiger charge is -2.05. The van der Waals surface area contributed by atoms with Crippen LogP contribution in [0.15, 0.2) is 72.8 Å². The summed E-state index contributed by atoms with van der Waals surface area (Å²) in [6.45, 7) is 0.